The third-order valence-electron chi connectivity index (χ3n) is 4.44. The fraction of sp³-hybridized carbons (Fsp3) is 0.143. The van der Waals surface area contributed by atoms with Crippen LogP contribution >= 0.6 is 0 Å². The highest BCUT2D eigenvalue weighted by Gasteiger charge is 2.16. The minimum absolute atomic E-state index is 0.00533. The largest absolute Gasteiger partial charge is 0.493 e. The standard InChI is InChI=1S/C21H18FN5O5/c1-30-16-7-6-14(11-17(16)31-2)24-18(28)12-27-21(29)26-9-8-23-20(19(26)25-27)32-15-5-3-4-13(22)10-15/h3-11H,12H2,1-2H3,(H,24,28). The number of benzene rings is 2. The zero-order chi connectivity index (χ0) is 22.7. The number of rotatable bonds is 7. The molecule has 0 aliphatic rings. The van der Waals surface area contributed by atoms with E-state index >= 15 is 0 Å². The first kappa shape index (κ1) is 20.8. The van der Waals surface area contributed by atoms with Gasteiger partial charge in [0, 0.05) is 30.2 Å². The molecule has 0 fully saturated rings. The summed E-state index contributed by atoms with van der Waals surface area (Å²) >= 11 is 0. The quantitative estimate of drug-likeness (QED) is 0.471. The van der Waals surface area contributed by atoms with Crippen LogP contribution in [0.15, 0.2) is 59.7 Å². The second-order valence-electron chi connectivity index (χ2n) is 6.54. The van der Waals surface area contributed by atoms with Crippen LogP contribution in [-0.4, -0.2) is 39.3 Å². The highest BCUT2D eigenvalue weighted by molar-refractivity contribution is 5.90. The van der Waals surface area contributed by atoms with Gasteiger partial charge >= 0.3 is 5.69 Å². The van der Waals surface area contributed by atoms with Crippen LogP contribution in [-0.2, 0) is 11.3 Å². The molecule has 2 aromatic carbocycles. The molecule has 1 amide bonds. The first-order chi connectivity index (χ1) is 15.5. The summed E-state index contributed by atoms with van der Waals surface area (Å²) in [5.41, 5.74) is -0.0177. The Labute approximate surface area is 180 Å². The van der Waals surface area contributed by atoms with Crippen molar-refractivity contribution in [2.24, 2.45) is 0 Å². The number of carbonyl (C=O) groups excluding carboxylic acids is 1. The molecule has 0 bridgehead atoms. The van der Waals surface area contributed by atoms with E-state index in [2.05, 4.69) is 15.4 Å². The summed E-state index contributed by atoms with van der Waals surface area (Å²) in [6.45, 7) is -0.353. The number of hydrogen-bond donors (Lipinski definition) is 1. The van der Waals surface area contributed by atoms with Gasteiger partial charge in [0.2, 0.25) is 11.6 Å². The van der Waals surface area contributed by atoms with Gasteiger partial charge in [-0.25, -0.2) is 23.3 Å². The Morgan fingerprint density at radius 3 is 2.69 bits per heavy atom. The third-order valence-corrected chi connectivity index (χ3v) is 4.44. The van der Waals surface area contributed by atoms with Crippen LogP contribution in [0, 0.1) is 5.82 Å². The predicted molar refractivity (Wildman–Crippen MR) is 112 cm³/mol. The summed E-state index contributed by atoms with van der Waals surface area (Å²) < 4.78 is 31.5. The lowest BCUT2D eigenvalue weighted by molar-refractivity contribution is -0.117. The minimum Gasteiger partial charge on any atom is -0.493 e. The normalized spacial score (nSPS) is 10.7. The lowest BCUT2D eigenvalue weighted by Gasteiger charge is -2.10. The molecule has 11 heteroatoms. The van der Waals surface area contributed by atoms with Crippen LogP contribution < -0.4 is 25.2 Å². The molecule has 2 heterocycles. The maximum absolute atomic E-state index is 13.4. The van der Waals surface area contributed by atoms with Gasteiger partial charge in [0.05, 0.1) is 14.2 Å². The predicted octanol–water partition coefficient (Wildman–Crippen LogP) is 2.48. The van der Waals surface area contributed by atoms with Gasteiger partial charge in [-0.05, 0) is 24.3 Å². The van der Waals surface area contributed by atoms with E-state index in [-0.39, 0.29) is 23.8 Å². The fourth-order valence-electron chi connectivity index (χ4n) is 2.99. The lowest BCUT2D eigenvalue weighted by atomic mass is 10.2. The molecule has 1 N–H and O–H groups in total. The van der Waals surface area contributed by atoms with Crippen LogP contribution in [0.5, 0.6) is 23.1 Å². The molecule has 0 atom stereocenters. The van der Waals surface area contributed by atoms with Crippen molar-refractivity contribution >= 4 is 17.2 Å². The molecule has 32 heavy (non-hydrogen) atoms. The van der Waals surface area contributed by atoms with Crippen LogP contribution in [0.1, 0.15) is 0 Å². The molecular formula is C21H18FN5O5. The summed E-state index contributed by atoms with van der Waals surface area (Å²) in [5.74, 6) is 0.182. The van der Waals surface area contributed by atoms with Gasteiger partial charge in [-0.3, -0.25) is 4.79 Å². The minimum atomic E-state index is -0.561. The number of carbonyl (C=O) groups is 1. The van der Waals surface area contributed by atoms with Crippen molar-refractivity contribution in [2.45, 2.75) is 6.54 Å². The van der Waals surface area contributed by atoms with Gasteiger partial charge in [-0.15, -0.1) is 5.10 Å². The van der Waals surface area contributed by atoms with Crippen molar-refractivity contribution in [3.8, 4) is 23.1 Å². The first-order valence-corrected chi connectivity index (χ1v) is 9.38. The number of anilines is 1. The second-order valence-corrected chi connectivity index (χ2v) is 6.54. The van der Waals surface area contributed by atoms with E-state index in [1.807, 2.05) is 0 Å². The van der Waals surface area contributed by atoms with Gasteiger partial charge in [0.25, 0.3) is 5.88 Å². The van der Waals surface area contributed by atoms with E-state index in [0.29, 0.717) is 17.2 Å². The van der Waals surface area contributed by atoms with E-state index in [1.54, 1.807) is 24.3 Å². The summed E-state index contributed by atoms with van der Waals surface area (Å²) in [6, 6.07) is 10.4. The van der Waals surface area contributed by atoms with Crippen LogP contribution in [0.3, 0.4) is 0 Å². The van der Waals surface area contributed by atoms with Crippen molar-refractivity contribution in [3.63, 3.8) is 0 Å². The maximum Gasteiger partial charge on any atom is 0.351 e. The number of hydrogen-bond acceptors (Lipinski definition) is 7. The average molecular weight is 439 g/mol. The SMILES string of the molecule is COc1ccc(NC(=O)Cn2nc3c(Oc4cccc(F)c4)nccn3c2=O)cc1OC. The highest BCUT2D eigenvalue weighted by atomic mass is 19.1. The molecule has 2 aromatic heterocycles. The number of amides is 1. The number of methoxy groups -OCH3 is 2. The molecule has 164 valence electrons. The van der Waals surface area contributed by atoms with Crippen molar-refractivity contribution < 1.29 is 23.4 Å². The van der Waals surface area contributed by atoms with Crippen LogP contribution in [0.25, 0.3) is 5.65 Å². The second kappa shape index (κ2) is 8.76. The van der Waals surface area contributed by atoms with Gasteiger partial charge in [-0.1, -0.05) is 6.07 Å². The molecule has 4 rings (SSSR count). The van der Waals surface area contributed by atoms with Crippen molar-refractivity contribution in [2.75, 3.05) is 19.5 Å². The smallest absolute Gasteiger partial charge is 0.351 e. The van der Waals surface area contributed by atoms with Gasteiger partial charge < -0.3 is 19.5 Å². The monoisotopic (exact) mass is 439 g/mol. The molecule has 0 aliphatic heterocycles. The maximum atomic E-state index is 13.4. The van der Waals surface area contributed by atoms with E-state index in [4.69, 9.17) is 14.2 Å². The van der Waals surface area contributed by atoms with E-state index in [0.717, 1.165) is 4.68 Å². The van der Waals surface area contributed by atoms with E-state index in [9.17, 15) is 14.0 Å². The molecule has 0 saturated heterocycles. The number of nitrogens with one attached hydrogen (secondary N) is 1. The highest BCUT2D eigenvalue weighted by Crippen LogP contribution is 2.29. The molecule has 0 radical (unpaired) electrons. The third kappa shape index (κ3) is 4.21. The molecule has 10 nitrogen and oxygen atoms in total. The Bertz CT molecular complexity index is 1350. The Balaban J connectivity index is 1.56. The Morgan fingerprint density at radius 2 is 1.94 bits per heavy atom. The number of aromatic nitrogens is 4. The summed E-state index contributed by atoms with van der Waals surface area (Å²) in [6.07, 6.45) is 2.74. The van der Waals surface area contributed by atoms with E-state index < -0.39 is 17.4 Å². The van der Waals surface area contributed by atoms with Crippen molar-refractivity contribution in [1.82, 2.24) is 19.2 Å². The van der Waals surface area contributed by atoms with Crippen molar-refractivity contribution in [3.05, 3.63) is 71.2 Å². The zero-order valence-electron chi connectivity index (χ0n) is 17.1. The number of fused-ring (bicyclic) bond motifs is 1. The summed E-state index contributed by atoms with van der Waals surface area (Å²) in [5, 5.41) is 6.83. The van der Waals surface area contributed by atoms with Gasteiger partial charge in [0.15, 0.2) is 11.5 Å². The summed E-state index contributed by atoms with van der Waals surface area (Å²) in [4.78, 5) is 29.2. The molecular weight excluding hydrogens is 421 g/mol. The Kier molecular flexibility index (Phi) is 5.71. The van der Waals surface area contributed by atoms with Crippen LogP contribution in [0.4, 0.5) is 10.1 Å². The van der Waals surface area contributed by atoms with Gasteiger partial charge in [0.1, 0.15) is 18.1 Å². The molecule has 0 unspecified atom stereocenters. The first-order valence-electron chi connectivity index (χ1n) is 9.38. The number of ether oxygens (including phenoxy) is 3. The summed E-state index contributed by atoms with van der Waals surface area (Å²) in [7, 11) is 2.99. The van der Waals surface area contributed by atoms with Gasteiger partial charge in [-0.2, -0.15) is 0 Å². The zero-order valence-corrected chi connectivity index (χ0v) is 17.1. The number of nitrogens with zero attached hydrogens (tertiary/aromatic N) is 4. The molecule has 0 spiro atoms. The average Bonchev–Trinajstić information content (AvgIpc) is 3.10. The molecule has 4 aromatic rings. The van der Waals surface area contributed by atoms with Crippen molar-refractivity contribution in [1.29, 1.82) is 0 Å². The number of halogens is 1. The molecule has 0 aliphatic carbocycles. The van der Waals surface area contributed by atoms with E-state index in [1.165, 1.54) is 49.2 Å². The van der Waals surface area contributed by atoms with Crippen LogP contribution in [0.2, 0.25) is 0 Å². The lowest BCUT2D eigenvalue weighted by Crippen LogP contribution is -2.28. The topological polar surface area (TPSA) is 109 Å². The Morgan fingerprint density at radius 1 is 1.12 bits per heavy atom. The Hall–Kier alpha value is -4.41. The fourth-order valence-corrected chi connectivity index (χ4v) is 2.99. The molecule has 0 saturated carbocycles.